The van der Waals surface area contributed by atoms with E-state index in [4.69, 9.17) is 15.7 Å². The van der Waals surface area contributed by atoms with Crippen molar-refractivity contribution in [3.05, 3.63) is 47.5 Å². The van der Waals surface area contributed by atoms with Crippen LogP contribution in [0.25, 0.3) is 11.4 Å². The Kier molecular flexibility index (Phi) is 5.94. The first-order valence-electron chi connectivity index (χ1n) is 8.51. The lowest BCUT2D eigenvalue weighted by atomic mass is 10.1. The monoisotopic (exact) mass is 396 g/mol. The van der Waals surface area contributed by atoms with Crippen LogP contribution in [0.5, 0.6) is 5.88 Å². The van der Waals surface area contributed by atoms with Crippen LogP contribution < -0.4 is 15.8 Å². The molecule has 3 rings (SSSR count). The van der Waals surface area contributed by atoms with Crippen molar-refractivity contribution < 1.29 is 13.9 Å². The zero-order valence-electron chi connectivity index (χ0n) is 15.5. The lowest BCUT2D eigenvalue weighted by Crippen LogP contribution is -2.27. The molecule has 11 heteroatoms. The molecule has 0 aliphatic rings. The van der Waals surface area contributed by atoms with Crippen molar-refractivity contribution in [3.8, 4) is 23.3 Å². The van der Waals surface area contributed by atoms with Crippen LogP contribution in [0.3, 0.4) is 0 Å². The van der Waals surface area contributed by atoms with Crippen LogP contribution >= 0.6 is 0 Å². The second-order valence-corrected chi connectivity index (χ2v) is 5.83. The summed E-state index contributed by atoms with van der Waals surface area (Å²) in [5.41, 5.74) is 6.80. The average Bonchev–Trinajstić information content (AvgIpc) is 3.14. The van der Waals surface area contributed by atoms with Crippen molar-refractivity contribution in [2.45, 2.75) is 6.54 Å². The van der Waals surface area contributed by atoms with Crippen molar-refractivity contribution in [3.63, 3.8) is 0 Å². The number of hydrogen-bond donors (Lipinski definition) is 2. The average molecular weight is 396 g/mol. The molecule has 0 atom stereocenters. The Bertz CT molecular complexity index is 1080. The van der Waals surface area contributed by atoms with Gasteiger partial charge in [-0.2, -0.15) is 15.3 Å². The van der Waals surface area contributed by atoms with Gasteiger partial charge in [0.05, 0.1) is 18.2 Å². The molecule has 3 N–H and O–H groups in total. The molecule has 0 aliphatic heterocycles. The molecular weight excluding hydrogens is 379 g/mol. The molecule has 0 aliphatic carbocycles. The first-order valence-corrected chi connectivity index (χ1v) is 8.51. The smallest absolute Gasteiger partial charge is 0.260 e. The second-order valence-electron chi connectivity index (χ2n) is 5.83. The van der Waals surface area contributed by atoms with E-state index in [2.05, 4.69) is 25.4 Å². The number of benzene rings is 1. The molecule has 1 amide bonds. The first-order chi connectivity index (χ1) is 14.0. The van der Waals surface area contributed by atoms with Crippen molar-refractivity contribution in [2.24, 2.45) is 7.05 Å². The highest BCUT2D eigenvalue weighted by atomic mass is 19.1. The fourth-order valence-corrected chi connectivity index (χ4v) is 2.49. The van der Waals surface area contributed by atoms with Crippen LogP contribution in [0.1, 0.15) is 21.7 Å². The van der Waals surface area contributed by atoms with E-state index < -0.39 is 12.6 Å². The number of alkyl halides is 1. The van der Waals surface area contributed by atoms with Crippen molar-refractivity contribution in [1.29, 1.82) is 5.26 Å². The minimum atomic E-state index is -0.775. The Balaban J connectivity index is 1.94. The van der Waals surface area contributed by atoms with E-state index in [1.54, 1.807) is 31.3 Å². The van der Waals surface area contributed by atoms with Crippen LogP contribution in [0.15, 0.2) is 30.6 Å². The van der Waals surface area contributed by atoms with Crippen molar-refractivity contribution in [1.82, 2.24) is 30.0 Å². The highest BCUT2D eigenvalue weighted by Crippen LogP contribution is 2.26. The zero-order chi connectivity index (χ0) is 20.8. The summed E-state index contributed by atoms with van der Waals surface area (Å²) < 4.78 is 19.5. The maximum Gasteiger partial charge on any atom is 0.260 e. The molecule has 10 nitrogen and oxygen atoms in total. The number of hydrogen-bond acceptors (Lipinski definition) is 8. The van der Waals surface area contributed by atoms with E-state index in [1.165, 1.54) is 11.0 Å². The number of nitrogens with one attached hydrogen (secondary N) is 1. The van der Waals surface area contributed by atoms with E-state index >= 15 is 0 Å². The Morgan fingerprint density at radius 2 is 2.24 bits per heavy atom. The third-order valence-electron chi connectivity index (χ3n) is 3.91. The topological polar surface area (TPSA) is 145 Å². The third kappa shape index (κ3) is 4.44. The number of carbonyl (C=O) groups excluding carboxylic acids is 1. The summed E-state index contributed by atoms with van der Waals surface area (Å²) in [6.07, 6.45) is 1.36. The fraction of sp³-hybridized carbons (Fsp3) is 0.222. The van der Waals surface area contributed by atoms with Crippen LogP contribution in [-0.2, 0) is 13.6 Å². The van der Waals surface area contributed by atoms with Crippen molar-refractivity contribution >= 4 is 11.7 Å². The fourth-order valence-electron chi connectivity index (χ4n) is 2.49. The number of rotatable bonds is 7. The zero-order valence-corrected chi connectivity index (χ0v) is 15.5. The van der Waals surface area contributed by atoms with Gasteiger partial charge in [-0.1, -0.05) is 12.1 Å². The quantitative estimate of drug-likeness (QED) is 0.602. The molecular formula is C18H17FN8O2. The Morgan fingerprint density at radius 3 is 2.93 bits per heavy atom. The number of nitrogens with two attached hydrogens (primary N) is 1. The standard InChI is InChI=1S/C18H17FN8O2/c1-27-13(23-10-24-27)9-22-17(28)14-15(21)25-16(26-18(14)29-6-5-19)12-4-2-3-11(7-12)8-20/h2-4,7,10H,5-6,9H2,1H3,(H,22,28)(H2,21,25,26). The molecule has 0 fully saturated rings. The SMILES string of the molecule is Cn1ncnc1CNC(=O)c1c(N)nc(-c2cccc(C#N)c2)nc1OCCF. The number of amides is 1. The normalized spacial score (nSPS) is 10.4. The van der Waals surface area contributed by atoms with Gasteiger partial charge in [-0.25, -0.2) is 14.4 Å². The minimum absolute atomic E-state index is 0.0866. The number of ether oxygens (including phenoxy) is 1. The number of anilines is 1. The molecule has 0 radical (unpaired) electrons. The third-order valence-corrected chi connectivity index (χ3v) is 3.91. The van der Waals surface area contributed by atoms with Gasteiger partial charge in [0.15, 0.2) is 5.82 Å². The molecule has 148 valence electrons. The molecule has 0 bridgehead atoms. The summed E-state index contributed by atoms with van der Waals surface area (Å²) >= 11 is 0. The van der Waals surface area contributed by atoms with E-state index in [0.717, 1.165) is 0 Å². The van der Waals surface area contributed by atoms with Crippen LogP contribution in [0.4, 0.5) is 10.2 Å². The summed E-state index contributed by atoms with van der Waals surface area (Å²) in [5.74, 6) is -0.214. The number of nitrogen functional groups attached to an aromatic ring is 1. The summed E-state index contributed by atoms with van der Waals surface area (Å²) in [5, 5.41) is 15.6. The van der Waals surface area contributed by atoms with Gasteiger partial charge in [-0.15, -0.1) is 0 Å². The molecule has 0 saturated carbocycles. The number of nitrogens with zero attached hydrogens (tertiary/aromatic N) is 6. The second kappa shape index (κ2) is 8.75. The van der Waals surface area contributed by atoms with Gasteiger partial charge >= 0.3 is 0 Å². The van der Waals surface area contributed by atoms with Crippen molar-refractivity contribution in [2.75, 3.05) is 19.0 Å². The highest BCUT2D eigenvalue weighted by molar-refractivity contribution is 6.00. The summed E-state index contributed by atoms with van der Waals surface area (Å²) in [6.45, 7) is -0.996. The molecule has 2 aromatic heterocycles. The number of halogens is 1. The van der Waals surface area contributed by atoms with Gasteiger partial charge in [0.1, 0.15) is 36.8 Å². The van der Waals surface area contributed by atoms with Crippen LogP contribution in [0, 0.1) is 11.3 Å². The van der Waals surface area contributed by atoms with Gasteiger partial charge in [0.25, 0.3) is 5.91 Å². The van der Waals surface area contributed by atoms with E-state index in [9.17, 15) is 9.18 Å². The number of nitriles is 1. The van der Waals surface area contributed by atoms with Gasteiger partial charge in [-0.3, -0.25) is 9.48 Å². The van der Waals surface area contributed by atoms with Gasteiger partial charge in [-0.05, 0) is 12.1 Å². The molecule has 29 heavy (non-hydrogen) atoms. The molecule has 3 aromatic rings. The lowest BCUT2D eigenvalue weighted by molar-refractivity contribution is 0.0944. The molecule has 2 heterocycles. The van der Waals surface area contributed by atoms with E-state index in [0.29, 0.717) is 17.0 Å². The largest absolute Gasteiger partial charge is 0.474 e. The molecule has 0 spiro atoms. The highest BCUT2D eigenvalue weighted by Gasteiger charge is 2.22. The Morgan fingerprint density at radius 1 is 1.41 bits per heavy atom. The number of aryl methyl sites for hydroxylation is 1. The molecule has 0 saturated heterocycles. The Labute approximate surface area is 165 Å². The Hall–Kier alpha value is -4.07. The van der Waals surface area contributed by atoms with Gasteiger partial charge in [0, 0.05) is 12.6 Å². The lowest BCUT2D eigenvalue weighted by Gasteiger charge is -2.13. The predicted octanol–water partition coefficient (Wildman–Crippen LogP) is 1.00. The summed E-state index contributed by atoms with van der Waals surface area (Å²) in [4.78, 5) is 25.0. The minimum Gasteiger partial charge on any atom is -0.474 e. The number of aromatic nitrogens is 5. The van der Waals surface area contributed by atoms with E-state index in [1.807, 2.05) is 6.07 Å². The first kappa shape index (κ1) is 19.7. The summed E-state index contributed by atoms with van der Waals surface area (Å²) in [7, 11) is 1.69. The predicted molar refractivity (Wildman–Crippen MR) is 100 cm³/mol. The van der Waals surface area contributed by atoms with Crippen LogP contribution in [-0.4, -0.2) is 43.9 Å². The van der Waals surface area contributed by atoms with Gasteiger partial charge in [0.2, 0.25) is 5.88 Å². The molecule has 0 unspecified atom stereocenters. The molecule has 1 aromatic carbocycles. The number of carbonyl (C=O) groups is 1. The summed E-state index contributed by atoms with van der Waals surface area (Å²) in [6, 6.07) is 8.56. The van der Waals surface area contributed by atoms with Gasteiger partial charge < -0.3 is 15.8 Å². The maximum atomic E-state index is 12.7. The maximum absolute atomic E-state index is 12.7. The van der Waals surface area contributed by atoms with Crippen LogP contribution in [0.2, 0.25) is 0 Å². The van der Waals surface area contributed by atoms with E-state index in [-0.39, 0.29) is 36.2 Å².